The van der Waals surface area contributed by atoms with E-state index in [2.05, 4.69) is 10.3 Å². The quantitative estimate of drug-likeness (QED) is 0.803. The number of carbonyl (C=O) groups is 1. The molecule has 1 amide bonds. The van der Waals surface area contributed by atoms with E-state index in [9.17, 15) is 4.79 Å². The molecule has 0 saturated carbocycles. The molecule has 0 saturated heterocycles. The van der Waals surface area contributed by atoms with Gasteiger partial charge in [0.25, 0.3) is 5.91 Å². The Kier molecular flexibility index (Phi) is 4.90. The molecule has 0 spiro atoms. The summed E-state index contributed by atoms with van der Waals surface area (Å²) >= 11 is 1.51. The monoisotopic (exact) mass is 307 g/mol. The van der Waals surface area contributed by atoms with Crippen LogP contribution in [0.1, 0.15) is 30.8 Å². The standard InChI is InChI=1S/C15H21N3O2S/c1-15(2,7-9-19)10-16-13(20)12-11-6-4-5-8-18(11)14(17-12)21-3/h4-6,8,19H,7,9-10H2,1-3H3,(H,16,20). The fourth-order valence-electron chi connectivity index (χ4n) is 2.12. The van der Waals surface area contributed by atoms with Crippen LogP contribution in [-0.4, -0.2) is 39.8 Å². The normalized spacial score (nSPS) is 11.8. The van der Waals surface area contributed by atoms with Crippen molar-refractivity contribution in [2.75, 3.05) is 19.4 Å². The molecule has 0 aliphatic heterocycles. The Morgan fingerprint density at radius 1 is 1.48 bits per heavy atom. The summed E-state index contributed by atoms with van der Waals surface area (Å²) in [4.78, 5) is 16.8. The van der Waals surface area contributed by atoms with Gasteiger partial charge < -0.3 is 10.4 Å². The summed E-state index contributed by atoms with van der Waals surface area (Å²) in [5.41, 5.74) is 1.11. The number of hydrogen-bond donors (Lipinski definition) is 2. The fourth-order valence-corrected chi connectivity index (χ4v) is 2.65. The minimum Gasteiger partial charge on any atom is -0.396 e. The van der Waals surface area contributed by atoms with Gasteiger partial charge in [-0.25, -0.2) is 4.98 Å². The van der Waals surface area contributed by atoms with Crippen LogP contribution in [0.25, 0.3) is 5.52 Å². The molecule has 114 valence electrons. The topological polar surface area (TPSA) is 66.6 Å². The molecule has 0 radical (unpaired) electrons. The first-order chi connectivity index (χ1) is 9.98. The van der Waals surface area contributed by atoms with Gasteiger partial charge in [0.1, 0.15) is 0 Å². The highest BCUT2D eigenvalue weighted by Gasteiger charge is 2.21. The molecule has 2 aromatic heterocycles. The van der Waals surface area contributed by atoms with Crippen LogP contribution in [0.15, 0.2) is 29.6 Å². The van der Waals surface area contributed by atoms with Crippen molar-refractivity contribution in [2.24, 2.45) is 5.41 Å². The molecule has 21 heavy (non-hydrogen) atoms. The highest BCUT2D eigenvalue weighted by molar-refractivity contribution is 7.98. The van der Waals surface area contributed by atoms with Crippen molar-refractivity contribution in [1.29, 1.82) is 0 Å². The lowest BCUT2D eigenvalue weighted by molar-refractivity contribution is 0.0925. The van der Waals surface area contributed by atoms with E-state index in [1.165, 1.54) is 11.8 Å². The first kappa shape index (κ1) is 15.9. The Morgan fingerprint density at radius 3 is 2.90 bits per heavy atom. The molecule has 0 aromatic carbocycles. The molecule has 0 unspecified atom stereocenters. The summed E-state index contributed by atoms with van der Waals surface area (Å²) in [5, 5.41) is 12.7. The number of aliphatic hydroxyl groups excluding tert-OH is 1. The third-order valence-corrected chi connectivity index (χ3v) is 4.08. The predicted octanol–water partition coefficient (Wildman–Crippen LogP) is 2.19. The van der Waals surface area contributed by atoms with Crippen molar-refractivity contribution in [3.8, 4) is 0 Å². The van der Waals surface area contributed by atoms with Crippen molar-refractivity contribution in [1.82, 2.24) is 14.7 Å². The number of nitrogens with zero attached hydrogens (tertiary/aromatic N) is 2. The van der Waals surface area contributed by atoms with Crippen LogP contribution >= 0.6 is 11.8 Å². The van der Waals surface area contributed by atoms with E-state index in [-0.39, 0.29) is 17.9 Å². The van der Waals surface area contributed by atoms with Gasteiger partial charge in [-0.15, -0.1) is 0 Å². The average molecular weight is 307 g/mol. The number of pyridine rings is 1. The number of nitrogens with one attached hydrogen (secondary N) is 1. The Balaban J connectivity index is 2.20. The predicted molar refractivity (Wildman–Crippen MR) is 84.8 cm³/mol. The maximum Gasteiger partial charge on any atom is 0.272 e. The van der Waals surface area contributed by atoms with Crippen molar-refractivity contribution >= 4 is 23.2 Å². The molecule has 6 heteroatoms. The molecule has 0 aliphatic rings. The van der Waals surface area contributed by atoms with Gasteiger partial charge in [-0.05, 0) is 30.2 Å². The number of hydrogen-bond acceptors (Lipinski definition) is 4. The second kappa shape index (κ2) is 6.49. The number of imidazole rings is 1. The molecule has 0 aliphatic carbocycles. The largest absolute Gasteiger partial charge is 0.396 e. The summed E-state index contributed by atoms with van der Waals surface area (Å²) in [5.74, 6) is -0.176. The zero-order valence-electron chi connectivity index (χ0n) is 12.6. The maximum atomic E-state index is 12.4. The molecule has 0 atom stereocenters. The molecule has 5 nitrogen and oxygen atoms in total. The van der Waals surface area contributed by atoms with Crippen molar-refractivity contribution < 1.29 is 9.90 Å². The van der Waals surface area contributed by atoms with Crippen LogP contribution in [0.3, 0.4) is 0 Å². The van der Waals surface area contributed by atoms with Crippen molar-refractivity contribution in [3.63, 3.8) is 0 Å². The molecule has 0 fully saturated rings. The van der Waals surface area contributed by atoms with E-state index in [1.54, 1.807) is 0 Å². The van der Waals surface area contributed by atoms with E-state index in [0.29, 0.717) is 18.7 Å². The summed E-state index contributed by atoms with van der Waals surface area (Å²) in [6, 6.07) is 5.70. The summed E-state index contributed by atoms with van der Waals surface area (Å²) in [6.07, 6.45) is 4.49. The molecule has 2 N–H and O–H groups in total. The fraction of sp³-hybridized carbons (Fsp3) is 0.467. The van der Waals surface area contributed by atoms with Gasteiger partial charge in [0.15, 0.2) is 10.9 Å². The van der Waals surface area contributed by atoms with E-state index in [4.69, 9.17) is 5.11 Å². The smallest absolute Gasteiger partial charge is 0.272 e. The third kappa shape index (κ3) is 3.57. The van der Waals surface area contributed by atoms with Crippen LogP contribution < -0.4 is 5.32 Å². The number of fused-ring (bicyclic) bond motifs is 1. The van der Waals surface area contributed by atoms with Crippen LogP contribution in [-0.2, 0) is 0 Å². The molecular formula is C15H21N3O2S. The SMILES string of the molecule is CSc1nc(C(=O)NCC(C)(C)CCO)c2ccccn12. The second-order valence-electron chi connectivity index (χ2n) is 5.72. The number of thioether (sulfide) groups is 1. The van der Waals surface area contributed by atoms with E-state index >= 15 is 0 Å². The molecular weight excluding hydrogens is 286 g/mol. The van der Waals surface area contributed by atoms with Gasteiger partial charge in [0.05, 0.1) is 5.52 Å². The first-order valence-corrected chi connectivity index (χ1v) is 8.11. The van der Waals surface area contributed by atoms with Crippen LogP contribution in [0, 0.1) is 5.41 Å². The van der Waals surface area contributed by atoms with E-state index < -0.39 is 0 Å². The van der Waals surface area contributed by atoms with Gasteiger partial charge >= 0.3 is 0 Å². The van der Waals surface area contributed by atoms with Crippen molar-refractivity contribution in [3.05, 3.63) is 30.1 Å². The van der Waals surface area contributed by atoms with Gasteiger partial charge in [-0.2, -0.15) is 0 Å². The van der Waals surface area contributed by atoms with Crippen molar-refractivity contribution in [2.45, 2.75) is 25.4 Å². The number of carbonyl (C=O) groups excluding carboxylic acids is 1. The minimum atomic E-state index is -0.176. The Hall–Kier alpha value is -1.53. The van der Waals surface area contributed by atoms with Crippen LogP contribution in [0.4, 0.5) is 0 Å². The minimum absolute atomic E-state index is 0.118. The van der Waals surface area contributed by atoms with Crippen LogP contribution in [0.5, 0.6) is 0 Å². The first-order valence-electron chi connectivity index (χ1n) is 6.88. The maximum absolute atomic E-state index is 12.4. The third-order valence-electron chi connectivity index (χ3n) is 3.43. The number of aliphatic hydroxyl groups is 1. The summed E-state index contributed by atoms with van der Waals surface area (Å²) in [7, 11) is 0. The summed E-state index contributed by atoms with van der Waals surface area (Å²) < 4.78 is 1.92. The Labute approximate surface area is 128 Å². The lowest BCUT2D eigenvalue weighted by Gasteiger charge is -2.23. The van der Waals surface area contributed by atoms with Gasteiger partial charge in [-0.1, -0.05) is 31.7 Å². The molecule has 2 heterocycles. The van der Waals surface area contributed by atoms with E-state index in [1.807, 2.05) is 48.9 Å². The number of aromatic nitrogens is 2. The van der Waals surface area contributed by atoms with Gasteiger partial charge in [0.2, 0.25) is 0 Å². The molecule has 0 bridgehead atoms. The average Bonchev–Trinajstić information content (AvgIpc) is 2.84. The zero-order chi connectivity index (χ0) is 15.5. The Morgan fingerprint density at radius 2 is 2.24 bits per heavy atom. The lowest BCUT2D eigenvalue weighted by Crippen LogP contribution is -2.34. The molecule has 2 aromatic rings. The number of rotatable bonds is 6. The highest BCUT2D eigenvalue weighted by atomic mass is 32.2. The van der Waals surface area contributed by atoms with E-state index in [0.717, 1.165) is 10.7 Å². The van der Waals surface area contributed by atoms with Gasteiger partial charge in [0, 0.05) is 19.3 Å². The zero-order valence-corrected chi connectivity index (χ0v) is 13.4. The lowest BCUT2D eigenvalue weighted by atomic mass is 9.90. The van der Waals surface area contributed by atoms with Crippen LogP contribution in [0.2, 0.25) is 0 Å². The molecule has 2 rings (SSSR count). The second-order valence-corrected chi connectivity index (χ2v) is 6.50. The summed E-state index contributed by atoms with van der Waals surface area (Å²) in [6.45, 7) is 4.66. The number of amides is 1. The van der Waals surface area contributed by atoms with Gasteiger partial charge in [-0.3, -0.25) is 9.20 Å². The highest BCUT2D eigenvalue weighted by Crippen LogP contribution is 2.21. The Bertz CT molecular complexity index is 637.